The molecule has 3 nitrogen and oxygen atoms in total. The molecule has 232 valence electrons. The first-order chi connectivity index (χ1) is 24.7. The van der Waals surface area contributed by atoms with Gasteiger partial charge in [0.25, 0.3) is 0 Å². The van der Waals surface area contributed by atoms with E-state index >= 15 is 4.39 Å². The highest BCUT2D eigenvalue weighted by atomic mass is 32.1. The van der Waals surface area contributed by atoms with Gasteiger partial charge in [-0.1, -0.05) is 121 Å². The summed E-state index contributed by atoms with van der Waals surface area (Å²) in [5.41, 5.74) is 4.01. The van der Waals surface area contributed by atoms with Crippen molar-refractivity contribution in [2.45, 2.75) is 0 Å². The molecule has 3 aromatic heterocycles. The van der Waals surface area contributed by atoms with E-state index in [2.05, 4.69) is 76.1 Å². The van der Waals surface area contributed by atoms with Crippen molar-refractivity contribution in [2.75, 3.05) is 0 Å². The monoisotopic (exact) mass is 675 g/mol. The normalized spacial score (nSPS) is 11.7. The van der Waals surface area contributed by atoms with E-state index in [0.29, 0.717) is 16.8 Å². The predicted octanol–water partition coefficient (Wildman–Crippen LogP) is 13.4. The quantitative estimate of drug-likeness (QED) is 0.172. The maximum atomic E-state index is 17.3. The van der Waals surface area contributed by atoms with Crippen LogP contribution in [0, 0.1) is 23.7 Å². The minimum atomic E-state index is -0.575. The largest absolute Gasteiger partial charge is 0.315 e. The number of halogens is 1. The minimum Gasteiger partial charge on any atom is -0.315 e. The maximum absolute atomic E-state index is 17.3. The molecule has 0 aliphatic carbocycles. The van der Waals surface area contributed by atoms with Crippen LogP contribution >= 0.6 is 22.7 Å². The van der Waals surface area contributed by atoms with Gasteiger partial charge < -0.3 is 4.57 Å². The number of hydrogen-bond acceptors (Lipinski definition) is 3. The van der Waals surface area contributed by atoms with Crippen molar-refractivity contribution in [1.29, 1.82) is 5.26 Å². The molecule has 3 heterocycles. The minimum absolute atomic E-state index is 0.111. The molecule has 0 amide bonds. The van der Waals surface area contributed by atoms with Crippen molar-refractivity contribution in [3.05, 3.63) is 156 Å². The van der Waals surface area contributed by atoms with Crippen LogP contribution < -0.4 is 0 Å². The van der Waals surface area contributed by atoms with E-state index in [1.807, 2.05) is 72.8 Å². The molecule has 50 heavy (non-hydrogen) atoms. The number of aromatic nitrogens is 1. The zero-order valence-corrected chi connectivity index (χ0v) is 27.9. The molecule has 0 saturated carbocycles. The van der Waals surface area contributed by atoms with E-state index in [9.17, 15) is 5.26 Å². The Morgan fingerprint density at radius 2 is 1.02 bits per heavy atom. The number of hydrogen-bond donors (Lipinski definition) is 0. The standard InChI is InChI=1S/C44H22FN3S2/c1-47-39-37(26-14-6-3-7-15-26)38(45)36(25-12-4-2-5-13-25)33(24-46)40(39)48-41-29(20-22-31-27-16-8-10-18-34(27)49-43(31)41)30-21-23-32-28-17-9-11-19-35(28)50-44(32)42(30)48/h2-23H. The summed E-state index contributed by atoms with van der Waals surface area (Å²) in [5.74, 6) is -0.575. The Kier molecular flexibility index (Phi) is 6.22. The van der Waals surface area contributed by atoms with Crippen LogP contribution in [0.3, 0.4) is 0 Å². The van der Waals surface area contributed by atoms with Gasteiger partial charge in [0.15, 0.2) is 0 Å². The molecule has 0 aliphatic rings. The first-order valence-corrected chi connectivity index (χ1v) is 17.8. The lowest BCUT2D eigenvalue weighted by Gasteiger charge is -2.21. The van der Waals surface area contributed by atoms with Gasteiger partial charge in [-0.15, -0.1) is 22.7 Å². The van der Waals surface area contributed by atoms with E-state index in [-0.39, 0.29) is 22.4 Å². The van der Waals surface area contributed by atoms with Gasteiger partial charge >= 0.3 is 0 Å². The summed E-state index contributed by atoms with van der Waals surface area (Å²) in [6, 6.07) is 46.4. The van der Waals surface area contributed by atoms with E-state index < -0.39 is 5.82 Å². The lowest BCUT2D eigenvalue weighted by atomic mass is 9.90. The van der Waals surface area contributed by atoms with Crippen molar-refractivity contribution < 1.29 is 4.39 Å². The van der Waals surface area contributed by atoms with Crippen LogP contribution in [-0.4, -0.2) is 4.57 Å². The van der Waals surface area contributed by atoms with Gasteiger partial charge in [-0.2, -0.15) is 5.26 Å². The van der Waals surface area contributed by atoms with Gasteiger partial charge in [0.2, 0.25) is 5.69 Å². The SMILES string of the molecule is [C-]#[N+]c1c(-c2ccccc2)c(F)c(-c2ccccc2)c(C#N)c1-n1c2c(ccc3c4ccccc4sc32)c2ccc3c4ccccc4sc3c21. The molecule has 0 aliphatic heterocycles. The molecule has 0 atom stereocenters. The zero-order chi connectivity index (χ0) is 33.5. The Balaban J connectivity index is 1.52. The molecular formula is C44H22FN3S2. The predicted molar refractivity (Wildman–Crippen MR) is 208 cm³/mol. The maximum Gasteiger partial charge on any atom is 0.222 e. The topological polar surface area (TPSA) is 33.1 Å². The van der Waals surface area contributed by atoms with Crippen molar-refractivity contribution in [1.82, 2.24) is 4.57 Å². The molecule has 0 fully saturated rings. The summed E-state index contributed by atoms with van der Waals surface area (Å²) in [6.07, 6.45) is 0. The molecule has 0 spiro atoms. The fourth-order valence-corrected chi connectivity index (χ4v) is 10.1. The summed E-state index contributed by atoms with van der Waals surface area (Å²) in [5, 5.41) is 17.7. The molecule has 0 bridgehead atoms. The lowest BCUT2D eigenvalue weighted by Crippen LogP contribution is -2.05. The molecule has 0 radical (unpaired) electrons. The highest BCUT2D eigenvalue weighted by Gasteiger charge is 2.31. The highest BCUT2D eigenvalue weighted by molar-refractivity contribution is 7.27. The Labute approximate surface area is 293 Å². The van der Waals surface area contributed by atoms with Gasteiger partial charge in [-0.25, -0.2) is 9.24 Å². The molecule has 0 N–H and O–H groups in total. The van der Waals surface area contributed by atoms with Gasteiger partial charge in [0, 0.05) is 52.8 Å². The first kappa shape index (κ1) is 28.7. The fraction of sp³-hybridized carbons (Fsp3) is 0. The Morgan fingerprint density at radius 1 is 0.560 bits per heavy atom. The molecular weight excluding hydrogens is 654 g/mol. The second-order valence-corrected chi connectivity index (χ2v) is 14.4. The second kappa shape index (κ2) is 10.9. The number of rotatable bonds is 3. The van der Waals surface area contributed by atoms with E-state index in [0.717, 1.165) is 62.2 Å². The molecule has 0 unspecified atom stereocenters. The summed E-state index contributed by atoms with van der Waals surface area (Å²) in [6.45, 7) is 8.68. The van der Waals surface area contributed by atoms with Crippen LogP contribution in [0.4, 0.5) is 10.1 Å². The summed E-state index contributed by atoms with van der Waals surface area (Å²) in [7, 11) is 0. The Morgan fingerprint density at radius 3 is 1.52 bits per heavy atom. The van der Waals surface area contributed by atoms with Crippen molar-refractivity contribution in [2.24, 2.45) is 0 Å². The van der Waals surface area contributed by atoms with Crippen molar-refractivity contribution in [3.8, 4) is 34.0 Å². The van der Waals surface area contributed by atoms with Gasteiger partial charge in [0.05, 0.1) is 38.3 Å². The van der Waals surface area contributed by atoms with Gasteiger partial charge in [-0.3, -0.25) is 0 Å². The van der Waals surface area contributed by atoms with Crippen LogP contribution in [0.2, 0.25) is 0 Å². The summed E-state index contributed by atoms with van der Waals surface area (Å²) >= 11 is 3.41. The number of thiophene rings is 2. The average molecular weight is 676 g/mol. The first-order valence-electron chi connectivity index (χ1n) is 16.1. The summed E-state index contributed by atoms with van der Waals surface area (Å²) < 4.78 is 23.8. The fourth-order valence-electron chi connectivity index (χ4n) is 7.64. The Bertz CT molecular complexity index is 2910. The van der Waals surface area contributed by atoms with E-state index in [1.54, 1.807) is 22.7 Å². The Hall–Kier alpha value is -6.31. The highest BCUT2D eigenvalue weighted by Crippen LogP contribution is 2.52. The van der Waals surface area contributed by atoms with E-state index in [1.165, 1.54) is 0 Å². The van der Waals surface area contributed by atoms with Crippen molar-refractivity contribution >= 4 is 90.5 Å². The molecule has 10 rings (SSSR count). The third-order valence-electron chi connectivity index (χ3n) is 9.74. The number of benzene rings is 7. The number of fused-ring (bicyclic) bond motifs is 11. The van der Waals surface area contributed by atoms with E-state index in [4.69, 9.17) is 6.57 Å². The molecule has 6 heteroatoms. The van der Waals surface area contributed by atoms with Crippen molar-refractivity contribution in [3.63, 3.8) is 0 Å². The number of nitrogens with zero attached hydrogens (tertiary/aromatic N) is 3. The van der Waals surface area contributed by atoms with Gasteiger partial charge in [0.1, 0.15) is 11.9 Å². The second-order valence-electron chi connectivity index (χ2n) is 12.3. The van der Waals surface area contributed by atoms with Crippen LogP contribution in [0.25, 0.3) is 94.9 Å². The smallest absolute Gasteiger partial charge is 0.222 e. The summed E-state index contributed by atoms with van der Waals surface area (Å²) in [4.78, 5) is 4.11. The van der Waals surface area contributed by atoms with Crippen LogP contribution in [0.5, 0.6) is 0 Å². The lowest BCUT2D eigenvalue weighted by molar-refractivity contribution is 0.635. The van der Waals surface area contributed by atoms with Crippen LogP contribution in [-0.2, 0) is 0 Å². The van der Waals surface area contributed by atoms with Gasteiger partial charge in [-0.05, 0) is 23.3 Å². The van der Waals surface area contributed by atoms with Crippen LogP contribution in [0.15, 0.2) is 133 Å². The molecule has 7 aromatic carbocycles. The third kappa shape index (κ3) is 3.86. The third-order valence-corrected chi connectivity index (χ3v) is 12.1. The molecule has 10 aromatic rings. The number of nitriles is 1. The average Bonchev–Trinajstić information content (AvgIpc) is 3.84. The zero-order valence-electron chi connectivity index (χ0n) is 26.2. The van der Waals surface area contributed by atoms with Crippen LogP contribution in [0.1, 0.15) is 5.56 Å². The molecule has 0 saturated heterocycles.